The molecule has 1 heterocycles. The number of hydrogen-bond acceptors (Lipinski definition) is 4. The molecule has 0 saturated carbocycles. The van der Waals surface area contributed by atoms with Gasteiger partial charge in [0.15, 0.2) is 6.61 Å². The third-order valence-corrected chi connectivity index (χ3v) is 4.80. The Balaban J connectivity index is 1.65. The predicted molar refractivity (Wildman–Crippen MR) is 112 cm³/mol. The second-order valence-electron chi connectivity index (χ2n) is 6.77. The molecule has 0 spiro atoms. The van der Waals surface area contributed by atoms with Gasteiger partial charge >= 0.3 is 5.97 Å². The largest absolute Gasteiger partial charge is 0.452 e. The summed E-state index contributed by atoms with van der Waals surface area (Å²) in [6, 6.07) is 15.0. The molecule has 3 aromatic rings. The fraction of sp³-hybridized carbons (Fsp3) is 0.227. The quantitative estimate of drug-likeness (QED) is 0.613. The second-order valence-corrected chi connectivity index (χ2v) is 7.21. The van der Waals surface area contributed by atoms with E-state index >= 15 is 0 Å². The van der Waals surface area contributed by atoms with Crippen molar-refractivity contribution in [2.45, 2.75) is 27.3 Å². The van der Waals surface area contributed by atoms with Gasteiger partial charge in [0.05, 0.1) is 17.9 Å². The molecule has 0 aliphatic carbocycles. The Labute approximate surface area is 174 Å². The zero-order valence-electron chi connectivity index (χ0n) is 16.5. The highest BCUT2D eigenvalue weighted by molar-refractivity contribution is 6.31. The second kappa shape index (κ2) is 8.92. The van der Waals surface area contributed by atoms with Crippen LogP contribution in [-0.4, -0.2) is 28.3 Å². The molecular formula is C22H22ClN3O3. The molecule has 150 valence electrons. The van der Waals surface area contributed by atoms with Gasteiger partial charge in [0.2, 0.25) is 0 Å². The summed E-state index contributed by atoms with van der Waals surface area (Å²) in [5.74, 6) is -1.01. The first-order valence-corrected chi connectivity index (χ1v) is 9.54. The van der Waals surface area contributed by atoms with Gasteiger partial charge in [-0.25, -0.2) is 4.79 Å². The van der Waals surface area contributed by atoms with E-state index in [9.17, 15) is 9.59 Å². The molecule has 3 rings (SSSR count). The van der Waals surface area contributed by atoms with E-state index in [1.807, 2.05) is 44.2 Å². The number of nitrogens with one attached hydrogen (secondary N) is 1. The summed E-state index contributed by atoms with van der Waals surface area (Å²) in [4.78, 5) is 24.7. The third kappa shape index (κ3) is 5.03. The van der Waals surface area contributed by atoms with Crippen molar-refractivity contribution in [3.8, 4) is 0 Å². The smallest absolute Gasteiger partial charge is 0.342 e. The number of hydrogen-bond donors (Lipinski definition) is 1. The van der Waals surface area contributed by atoms with E-state index in [-0.39, 0.29) is 0 Å². The van der Waals surface area contributed by atoms with Crippen molar-refractivity contribution in [2.24, 2.45) is 0 Å². The number of halogens is 1. The Hall–Kier alpha value is -3.12. The first-order valence-electron chi connectivity index (χ1n) is 9.16. The van der Waals surface area contributed by atoms with Gasteiger partial charge in [0.25, 0.3) is 5.91 Å². The molecular weight excluding hydrogens is 390 g/mol. The van der Waals surface area contributed by atoms with Gasteiger partial charge in [-0.1, -0.05) is 48.0 Å². The van der Waals surface area contributed by atoms with Gasteiger partial charge in [-0.15, -0.1) is 0 Å². The highest BCUT2D eigenvalue weighted by atomic mass is 35.5. The van der Waals surface area contributed by atoms with Crippen LogP contribution in [0, 0.1) is 20.8 Å². The van der Waals surface area contributed by atoms with Crippen molar-refractivity contribution in [3.63, 3.8) is 0 Å². The molecule has 6 nitrogen and oxygen atoms in total. The van der Waals surface area contributed by atoms with Gasteiger partial charge in [-0.2, -0.15) is 5.10 Å². The molecule has 7 heteroatoms. The van der Waals surface area contributed by atoms with Crippen molar-refractivity contribution in [1.29, 1.82) is 0 Å². The Morgan fingerprint density at radius 3 is 2.55 bits per heavy atom. The maximum Gasteiger partial charge on any atom is 0.342 e. The van der Waals surface area contributed by atoms with Crippen molar-refractivity contribution < 1.29 is 14.3 Å². The Morgan fingerprint density at radius 2 is 1.83 bits per heavy atom. The highest BCUT2D eigenvalue weighted by Crippen LogP contribution is 2.20. The highest BCUT2D eigenvalue weighted by Gasteiger charge is 2.21. The summed E-state index contributed by atoms with van der Waals surface area (Å²) < 4.78 is 6.98. The molecule has 0 aliphatic rings. The van der Waals surface area contributed by atoms with Crippen molar-refractivity contribution in [2.75, 3.05) is 11.9 Å². The standard InChI is InChI=1S/C22H22ClN3O3/c1-14-9-10-18(23)11-19(14)24-20(27)13-29-22(28)21-15(2)25-26(16(21)3)12-17-7-5-4-6-8-17/h4-11H,12-13H2,1-3H3,(H,24,27). The van der Waals surface area contributed by atoms with Crippen molar-refractivity contribution in [3.05, 3.63) is 81.6 Å². The zero-order chi connectivity index (χ0) is 21.0. The molecule has 2 aromatic carbocycles. The molecule has 0 unspecified atom stereocenters. The molecule has 0 atom stereocenters. The monoisotopic (exact) mass is 411 g/mol. The lowest BCUT2D eigenvalue weighted by molar-refractivity contribution is -0.119. The normalized spacial score (nSPS) is 10.6. The average Bonchev–Trinajstić information content (AvgIpc) is 2.97. The fourth-order valence-corrected chi connectivity index (χ4v) is 3.19. The topological polar surface area (TPSA) is 73.2 Å². The molecule has 1 amide bonds. The number of benzene rings is 2. The lowest BCUT2D eigenvalue weighted by Gasteiger charge is -2.10. The van der Waals surface area contributed by atoms with Crippen LogP contribution in [0.3, 0.4) is 0 Å². The van der Waals surface area contributed by atoms with Crippen LogP contribution in [-0.2, 0) is 16.1 Å². The lowest BCUT2D eigenvalue weighted by atomic mass is 10.2. The number of aromatic nitrogens is 2. The predicted octanol–water partition coefficient (Wildman–Crippen LogP) is 4.31. The van der Waals surface area contributed by atoms with Gasteiger partial charge in [0.1, 0.15) is 5.56 Å². The van der Waals surface area contributed by atoms with Crippen LogP contribution in [0.4, 0.5) is 5.69 Å². The van der Waals surface area contributed by atoms with E-state index < -0.39 is 18.5 Å². The van der Waals surface area contributed by atoms with Gasteiger partial charge in [0, 0.05) is 10.7 Å². The number of ether oxygens (including phenoxy) is 1. The number of nitrogens with zero attached hydrogens (tertiary/aromatic N) is 2. The summed E-state index contributed by atoms with van der Waals surface area (Å²) in [5, 5.41) is 7.66. The number of carbonyl (C=O) groups excluding carboxylic acids is 2. The van der Waals surface area contributed by atoms with Gasteiger partial charge < -0.3 is 10.1 Å². The molecule has 0 saturated heterocycles. The van der Waals surface area contributed by atoms with Crippen LogP contribution in [0.1, 0.15) is 32.9 Å². The molecule has 0 radical (unpaired) electrons. The van der Waals surface area contributed by atoms with E-state index in [1.54, 1.807) is 29.8 Å². The lowest BCUT2D eigenvalue weighted by Crippen LogP contribution is -2.22. The Morgan fingerprint density at radius 1 is 1.10 bits per heavy atom. The first-order chi connectivity index (χ1) is 13.8. The molecule has 0 fully saturated rings. The first kappa shape index (κ1) is 20.6. The summed E-state index contributed by atoms with van der Waals surface area (Å²) >= 11 is 5.96. The van der Waals surface area contributed by atoms with Crippen molar-refractivity contribution in [1.82, 2.24) is 9.78 Å². The number of amides is 1. The summed E-state index contributed by atoms with van der Waals surface area (Å²) in [6.45, 7) is 5.57. The number of anilines is 1. The minimum atomic E-state index is -0.572. The van der Waals surface area contributed by atoms with Gasteiger partial charge in [-0.3, -0.25) is 9.48 Å². The number of aryl methyl sites for hydroxylation is 2. The molecule has 0 aliphatic heterocycles. The maximum absolute atomic E-state index is 12.6. The number of rotatable bonds is 6. The fourth-order valence-electron chi connectivity index (χ4n) is 3.02. The van der Waals surface area contributed by atoms with E-state index in [2.05, 4.69) is 10.4 Å². The SMILES string of the molecule is Cc1ccc(Cl)cc1NC(=O)COC(=O)c1c(C)nn(Cc2ccccc2)c1C. The van der Waals surface area contributed by atoms with E-state index in [4.69, 9.17) is 16.3 Å². The van der Waals surface area contributed by atoms with Crippen LogP contribution in [0.2, 0.25) is 5.02 Å². The summed E-state index contributed by atoms with van der Waals surface area (Å²) in [6.07, 6.45) is 0. The van der Waals surface area contributed by atoms with E-state index in [0.717, 1.165) is 11.1 Å². The number of esters is 1. The van der Waals surface area contributed by atoms with E-state index in [1.165, 1.54) is 0 Å². The van der Waals surface area contributed by atoms with Crippen LogP contribution < -0.4 is 5.32 Å². The van der Waals surface area contributed by atoms with E-state index in [0.29, 0.717) is 34.2 Å². The summed E-state index contributed by atoms with van der Waals surface area (Å²) in [7, 11) is 0. The summed E-state index contributed by atoms with van der Waals surface area (Å²) in [5.41, 5.74) is 4.17. The van der Waals surface area contributed by atoms with Gasteiger partial charge in [-0.05, 0) is 44.0 Å². The third-order valence-electron chi connectivity index (χ3n) is 4.57. The van der Waals surface area contributed by atoms with Crippen LogP contribution >= 0.6 is 11.6 Å². The Bertz CT molecular complexity index is 1040. The maximum atomic E-state index is 12.6. The van der Waals surface area contributed by atoms with Crippen LogP contribution in [0.15, 0.2) is 48.5 Å². The Kier molecular flexibility index (Phi) is 6.34. The van der Waals surface area contributed by atoms with Crippen LogP contribution in [0.5, 0.6) is 0 Å². The molecule has 1 N–H and O–H groups in total. The van der Waals surface area contributed by atoms with Crippen molar-refractivity contribution >= 4 is 29.2 Å². The molecule has 0 bridgehead atoms. The number of carbonyl (C=O) groups is 2. The minimum Gasteiger partial charge on any atom is -0.452 e. The van der Waals surface area contributed by atoms with Crippen LogP contribution in [0.25, 0.3) is 0 Å². The average molecular weight is 412 g/mol. The minimum absolute atomic E-state index is 0.382. The zero-order valence-corrected chi connectivity index (χ0v) is 17.3. The molecule has 29 heavy (non-hydrogen) atoms. The molecule has 1 aromatic heterocycles.